The molecule has 0 radical (unpaired) electrons. The number of hydrogen-bond acceptors (Lipinski definition) is 6. The van der Waals surface area contributed by atoms with Gasteiger partial charge in [-0.1, -0.05) is 65.7 Å². The first-order chi connectivity index (χ1) is 17.3. The zero-order valence-corrected chi connectivity index (χ0v) is 20.1. The van der Waals surface area contributed by atoms with Crippen molar-refractivity contribution in [3.05, 3.63) is 94.0 Å². The van der Waals surface area contributed by atoms with E-state index in [9.17, 15) is 19.2 Å². The van der Waals surface area contributed by atoms with Crippen molar-refractivity contribution in [2.24, 2.45) is 11.8 Å². The second-order valence-electron chi connectivity index (χ2n) is 9.22. The van der Waals surface area contributed by atoms with E-state index in [0.717, 1.165) is 10.5 Å². The first-order valence-electron chi connectivity index (χ1n) is 11.4. The number of rotatable bonds is 3. The Labute approximate surface area is 211 Å². The van der Waals surface area contributed by atoms with Gasteiger partial charge in [0, 0.05) is 16.1 Å². The van der Waals surface area contributed by atoms with E-state index >= 15 is 0 Å². The summed E-state index contributed by atoms with van der Waals surface area (Å²) in [5, 5.41) is 0.296. The second kappa shape index (κ2) is 7.85. The lowest BCUT2D eigenvalue weighted by atomic mass is 9.77. The first kappa shape index (κ1) is 22.6. The van der Waals surface area contributed by atoms with Gasteiger partial charge < -0.3 is 9.47 Å². The van der Waals surface area contributed by atoms with Crippen molar-refractivity contribution in [1.29, 1.82) is 0 Å². The van der Waals surface area contributed by atoms with Crippen LogP contribution in [0, 0.1) is 18.8 Å². The fourth-order valence-electron chi connectivity index (χ4n) is 5.65. The summed E-state index contributed by atoms with van der Waals surface area (Å²) in [6.45, 7) is 1.92. The molecule has 3 aromatic rings. The summed E-state index contributed by atoms with van der Waals surface area (Å²) in [5.41, 5.74) is -0.0121. The minimum atomic E-state index is -2.13. The van der Waals surface area contributed by atoms with E-state index in [1.165, 1.54) is 13.2 Å². The second-order valence-corrected chi connectivity index (χ2v) is 9.66. The highest BCUT2D eigenvalue weighted by atomic mass is 35.5. The van der Waals surface area contributed by atoms with Gasteiger partial charge in [0.15, 0.2) is 0 Å². The number of anilines is 1. The Kier molecular flexibility index (Phi) is 4.94. The normalized spacial score (nSPS) is 24.0. The Bertz CT molecular complexity index is 1440. The molecule has 0 aromatic heterocycles. The molecule has 0 saturated carbocycles. The fraction of sp³-hybridized carbons (Fsp3) is 0.214. The maximum absolute atomic E-state index is 14.0. The molecule has 3 aliphatic rings. The van der Waals surface area contributed by atoms with Crippen molar-refractivity contribution in [3.63, 3.8) is 0 Å². The molecule has 0 bridgehead atoms. The summed E-state index contributed by atoms with van der Waals surface area (Å²) in [4.78, 5) is 56.6. The highest BCUT2D eigenvalue weighted by Crippen LogP contribution is 2.58. The Morgan fingerprint density at radius 2 is 1.53 bits per heavy atom. The number of methoxy groups -OCH3 is 1. The molecule has 7 nitrogen and oxygen atoms in total. The van der Waals surface area contributed by atoms with Gasteiger partial charge >= 0.3 is 0 Å². The fourth-order valence-corrected chi connectivity index (χ4v) is 5.82. The van der Waals surface area contributed by atoms with Crippen molar-refractivity contribution < 1.29 is 28.7 Å². The van der Waals surface area contributed by atoms with E-state index in [1.807, 2.05) is 19.1 Å². The molecule has 2 fully saturated rings. The highest BCUT2D eigenvalue weighted by Gasteiger charge is 2.74. The number of imide groups is 1. The van der Waals surface area contributed by atoms with Crippen LogP contribution in [-0.2, 0) is 14.3 Å². The van der Waals surface area contributed by atoms with Gasteiger partial charge in [-0.2, -0.15) is 0 Å². The molecule has 1 aliphatic carbocycles. The number of benzene rings is 3. The molecule has 1 spiro atoms. The largest absolute Gasteiger partial charge is 0.495 e. The maximum Gasteiger partial charge on any atom is 0.241 e. The van der Waals surface area contributed by atoms with Crippen LogP contribution in [0.1, 0.15) is 37.9 Å². The predicted octanol–water partition coefficient (Wildman–Crippen LogP) is 4.35. The summed E-state index contributed by atoms with van der Waals surface area (Å²) >= 11 is 6.20. The van der Waals surface area contributed by atoms with Crippen LogP contribution in [0.15, 0.2) is 66.7 Å². The van der Waals surface area contributed by atoms with Gasteiger partial charge in [-0.3, -0.25) is 19.2 Å². The molecule has 2 heterocycles. The van der Waals surface area contributed by atoms with Crippen LogP contribution in [-0.4, -0.2) is 36.1 Å². The third-order valence-corrected chi connectivity index (χ3v) is 7.54. The molecule has 3 aromatic carbocycles. The van der Waals surface area contributed by atoms with Crippen LogP contribution in [0.25, 0.3) is 0 Å². The smallest absolute Gasteiger partial charge is 0.241 e. The van der Waals surface area contributed by atoms with Gasteiger partial charge in [-0.15, -0.1) is 0 Å². The molecule has 36 heavy (non-hydrogen) atoms. The van der Waals surface area contributed by atoms with Gasteiger partial charge in [0.2, 0.25) is 29.0 Å². The van der Waals surface area contributed by atoms with Gasteiger partial charge in [-0.25, -0.2) is 4.90 Å². The molecule has 0 N–H and O–H groups in total. The molecule has 3 atom stereocenters. The number of carbonyl (C=O) groups is 4. The van der Waals surface area contributed by atoms with Crippen molar-refractivity contribution in [3.8, 4) is 5.75 Å². The quantitative estimate of drug-likeness (QED) is 0.391. The predicted molar refractivity (Wildman–Crippen MR) is 130 cm³/mol. The number of fused-ring (bicyclic) bond motifs is 3. The van der Waals surface area contributed by atoms with E-state index < -0.39 is 46.9 Å². The number of halogens is 1. The van der Waals surface area contributed by atoms with Crippen molar-refractivity contribution >= 4 is 40.7 Å². The standard InChI is InChI=1S/C28H20ClNO6/c1-14-7-9-15(10-8-14)23-21-22(28(36-23)24(31)17-5-3-4-6-18(17)25(28)32)27(34)30(26(21)33)19-13-16(29)11-12-20(19)35-2/h3-13,21-23H,1-2H3. The Morgan fingerprint density at radius 1 is 0.889 bits per heavy atom. The molecule has 2 saturated heterocycles. The van der Waals surface area contributed by atoms with Gasteiger partial charge in [0.25, 0.3) is 0 Å². The van der Waals surface area contributed by atoms with Gasteiger partial charge in [0.05, 0.1) is 30.7 Å². The van der Waals surface area contributed by atoms with Gasteiger partial charge in [-0.05, 0) is 30.7 Å². The van der Waals surface area contributed by atoms with Crippen molar-refractivity contribution in [2.75, 3.05) is 12.0 Å². The summed E-state index contributed by atoms with van der Waals surface area (Å²) < 4.78 is 11.7. The Morgan fingerprint density at radius 3 is 2.14 bits per heavy atom. The Hall–Kier alpha value is -3.81. The number of ether oxygens (including phenoxy) is 2. The molecule has 6 rings (SSSR count). The van der Waals surface area contributed by atoms with Crippen LogP contribution >= 0.6 is 11.6 Å². The lowest BCUT2D eigenvalue weighted by molar-refractivity contribution is -0.127. The highest BCUT2D eigenvalue weighted by molar-refractivity contribution is 6.37. The van der Waals surface area contributed by atoms with E-state index in [0.29, 0.717) is 10.6 Å². The Balaban J connectivity index is 1.56. The number of hydrogen-bond donors (Lipinski definition) is 0. The summed E-state index contributed by atoms with van der Waals surface area (Å²) in [6.07, 6.45) is -0.982. The molecule has 3 unspecified atom stereocenters. The maximum atomic E-state index is 14.0. The third kappa shape index (κ3) is 2.84. The lowest BCUT2D eigenvalue weighted by Crippen LogP contribution is -2.51. The number of ketones is 2. The molecule has 8 heteroatoms. The van der Waals surface area contributed by atoms with Crippen LogP contribution in [0.5, 0.6) is 5.75 Å². The number of amides is 2. The molecular weight excluding hydrogens is 482 g/mol. The zero-order valence-electron chi connectivity index (χ0n) is 19.4. The molecule has 2 aliphatic heterocycles. The van der Waals surface area contributed by atoms with Gasteiger partial charge in [0.1, 0.15) is 5.75 Å². The third-order valence-electron chi connectivity index (χ3n) is 7.31. The average Bonchev–Trinajstić information content (AvgIpc) is 3.44. The average molecular weight is 502 g/mol. The number of Topliss-reactive ketones (excluding diaryl/α,β-unsaturated/α-hetero) is 2. The minimum absolute atomic E-state index is 0.155. The molecule has 180 valence electrons. The van der Waals surface area contributed by atoms with E-state index in [-0.39, 0.29) is 22.6 Å². The monoisotopic (exact) mass is 501 g/mol. The number of carbonyl (C=O) groups excluding carboxylic acids is 4. The first-order valence-corrected chi connectivity index (χ1v) is 11.8. The summed E-state index contributed by atoms with van der Waals surface area (Å²) in [5.74, 6) is -4.66. The lowest BCUT2D eigenvalue weighted by Gasteiger charge is -2.27. The van der Waals surface area contributed by atoms with Crippen LogP contribution in [0.2, 0.25) is 5.02 Å². The SMILES string of the molecule is COc1ccc(Cl)cc1N1C(=O)C2C(c3ccc(C)cc3)OC3(C(=O)c4ccccc4C3=O)C2C1=O. The summed E-state index contributed by atoms with van der Waals surface area (Å²) in [6, 6.07) is 18.3. The van der Waals surface area contributed by atoms with E-state index in [2.05, 4.69) is 0 Å². The molecule has 2 amide bonds. The zero-order chi connectivity index (χ0) is 25.4. The molecular formula is C28H20ClNO6. The summed E-state index contributed by atoms with van der Waals surface area (Å²) in [7, 11) is 1.42. The van der Waals surface area contributed by atoms with Crippen LogP contribution in [0.4, 0.5) is 5.69 Å². The number of nitrogens with zero attached hydrogens (tertiary/aromatic N) is 1. The topological polar surface area (TPSA) is 90.0 Å². The van der Waals surface area contributed by atoms with E-state index in [4.69, 9.17) is 21.1 Å². The van der Waals surface area contributed by atoms with Crippen molar-refractivity contribution in [1.82, 2.24) is 0 Å². The number of aryl methyl sites for hydroxylation is 1. The van der Waals surface area contributed by atoms with Crippen LogP contribution in [0.3, 0.4) is 0 Å². The van der Waals surface area contributed by atoms with E-state index in [1.54, 1.807) is 48.5 Å². The van der Waals surface area contributed by atoms with Crippen molar-refractivity contribution in [2.45, 2.75) is 18.6 Å². The van der Waals surface area contributed by atoms with Crippen LogP contribution < -0.4 is 9.64 Å². The minimum Gasteiger partial charge on any atom is -0.495 e.